The molecule has 0 aliphatic heterocycles. The Morgan fingerprint density at radius 2 is 2.26 bits per heavy atom. The fourth-order valence-electron chi connectivity index (χ4n) is 2.11. The van der Waals surface area contributed by atoms with Crippen molar-refractivity contribution in [1.29, 1.82) is 0 Å². The van der Waals surface area contributed by atoms with E-state index in [9.17, 15) is 0 Å². The second kappa shape index (κ2) is 4.90. The highest BCUT2D eigenvalue weighted by Crippen LogP contribution is 2.25. The van der Waals surface area contributed by atoms with Crippen LogP contribution >= 0.6 is 22.9 Å². The van der Waals surface area contributed by atoms with Crippen molar-refractivity contribution in [3.8, 4) is 0 Å². The van der Waals surface area contributed by atoms with Crippen LogP contribution in [0.25, 0.3) is 11.0 Å². The number of hydrogen-bond donors (Lipinski definition) is 0. The molecule has 0 aliphatic carbocycles. The Morgan fingerprint density at radius 3 is 2.95 bits per heavy atom. The zero-order valence-corrected chi connectivity index (χ0v) is 12.2. The third-order valence-electron chi connectivity index (χ3n) is 2.92. The highest BCUT2D eigenvalue weighted by atomic mass is 35.5. The minimum Gasteiger partial charge on any atom is -0.321 e. The first-order chi connectivity index (χ1) is 9.15. The molecule has 1 unspecified atom stereocenters. The van der Waals surface area contributed by atoms with Crippen LogP contribution in [-0.2, 0) is 6.54 Å². The molecule has 0 radical (unpaired) electrons. The third kappa shape index (κ3) is 2.35. The molecule has 98 valence electrons. The van der Waals surface area contributed by atoms with Crippen molar-refractivity contribution in [1.82, 2.24) is 19.5 Å². The third-order valence-corrected chi connectivity index (χ3v) is 3.94. The summed E-state index contributed by atoms with van der Waals surface area (Å²) < 4.78 is 2.11. The molecule has 6 heteroatoms. The Labute approximate surface area is 120 Å². The Morgan fingerprint density at radius 1 is 1.42 bits per heavy atom. The Balaban J connectivity index is 2.12. The van der Waals surface area contributed by atoms with Crippen LogP contribution in [0.2, 0.25) is 0 Å². The fourth-order valence-corrected chi connectivity index (χ4v) is 2.88. The normalized spacial score (nSPS) is 13.0. The summed E-state index contributed by atoms with van der Waals surface area (Å²) in [5.74, 6) is 0.857. The summed E-state index contributed by atoms with van der Waals surface area (Å²) in [6.07, 6.45) is 3.54. The predicted octanol–water partition coefficient (Wildman–Crippen LogP) is 3.54. The van der Waals surface area contributed by atoms with Crippen LogP contribution in [-0.4, -0.2) is 19.5 Å². The fraction of sp³-hybridized carbons (Fsp3) is 0.308. The molecule has 3 heterocycles. The number of nitrogens with zero attached hydrogens (tertiary/aromatic N) is 4. The SMILES string of the molecule is Cc1nc(Cn2c(C(C)Cl)nc3cnccc32)cs1. The van der Waals surface area contributed by atoms with E-state index in [0.717, 1.165) is 27.6 Å². The zero-order valence-electron chi connectivity index (χ0n) is 10.7. The van der Waals surface area contributed by atoms with Gasteiger partial charge in [0.05, 0.1) is 34.3 Å². The quantitative estimate of drug-likeness (QED) is 0.694. The predicted molar refractivity (Wildman–Crippen MR) is 77.7 cm³/mol. The van der Waals surface area contributed by atoms with Crippen LogP contribution in [0.15, 0.2) is 23.8 Å². The van der Waals surface area contributed by atoms with Gasteiger partial charge in [0.1, 0.15) is 11.3 Å². The first kappa shape index (κ1) is 12.6. The van der Waals surface area contributed by atoms with Gasteiger partial charge in [-0.1, -0.05) is 0 Å². The topological polar surface area (TPSA) is 43.6 Å². The van der Waals surface area contributed by atoms with Crippen LogP contribution < -0.4 is 0 Å². The Bertz CT molecular complexity index is 716. The molecule has 0 aliphatic rings. The molecule has 3 aromatic heterocycles. The van der Waals surface area contributed by atoms with Gasteiger partial charge in [0.2, 0.25) is 0 Å². The average molecular weight is 293 g/mol. The van der Waals surface area contributed by atoms with E-state index in [1.807, 2.05) is 19.9 Å². The molecular formula is C13H13ClN4S. The molecule has 0 N–H and O–H groups in total. The largest absolute Gasteiger partial charge is 0.321 e. The smallest absolute Gasteiger partial charge is 0.128 e. The van der Waals surface area contributed by atoms with E-state index in [1.54, 1.807) is 23.7 Å². The van der Waals surface area contributed by atoms with E-state index < -0.39 is 0 Å². The number of aryl methyl sites for hydroxylation is 1. The summed E-state index contributed by atoms with van der Waals surface area (Å²) in [6, 6.07) is 1.96. The molecule has 0 amide bonds. The van der Waals surface area contributed by atoms with Gasteiger partial charge in [-0.05, 0) is 19.9 Å². The van der Waals surface area contributed by atoms with Gasteiger partial charge < -0.3 is 4.57 Å². The molecule has 19 heavy (non-hydrogen) atoms. The molecule has 0 bridgehead atoms. The van der Waals surface area contributed by atoms with Gasteiger partial charge in [0.15, 0.2) is 0 Å². The summed E-state index contributed by atoms with van der Waals surface area (Å²) in [7, 11) is 0. The minimum absolute atomic E-state index is 0.146. The van der Waals surface area contributed by atoms with Crippen molar-refractivity contribution < 1.29 is 0 Å². The van der Waals surface area contributed by atoms with Crippen LogP contribution in [0.3, 0.4) is 0 Å². The van der Waals surface area contributed by atoms with Gasteiger partial charge in [-0.25, -0.2) is 9.97 Å². The molecule has 0 spiro atoms. The van der Waals surface area contributed by atoms with Crippen molar-refractivity contribution in [2.45, 2.75) is 25.8 Å². The second-order valence-corrected chi connectivity index (χ2v) is 6.11. The van der Waals surface area contributed by atoms with E-state index in [2.05, 4.69) is 24.9 Å². The number of alkyl halides is 1. The van der Waals surface area contributed by atoms with Crippen LogP contribution in [0.5, 0.6) is 0 Å². The number of halogens is 1. The second-order valence-electron chi connectivity index (χ2n) is 4.39. The molecule has 0 saturated heterocycles. The number of hydrogen-bond acceptors (Lipinski definition) is 4. The maximum atomic E-state index is 6.23. The highest BCUT2D eigenvalue weighted by Gasteiger charge is 2.15. The van der Waals surface area contributed by atoms with Gasteiger partial charge in [-0.2, -0.15) is 0 Å². The summed E-state index contributed by atoms with van der Waals surface area (Å²) in [5, 5.41) is 3.00. The molecule has 0 aromatic carbocycles. The van der Waals surface area contributed by atoms with E-state index >= 15 is 0 Å². The van der Waals surface area contributed by atoms with E-state index in [0.29, 0.717) is 6.54 Å². The lowest BCUT2D eigenvalue weighted by Gasteiger charge is -2.08. The summed E-state index contributed by atoms with van der Waals surface area (Å²) in [6.45, 7) is 4.63. The van der Waals surface area contributed by atoms with Crippen LogP contribution in [0.4, 0.5) is 0 Å². The monoisotopic (exact) mass is 292 g/mol. The Hall–Kier alpha value is -1.46. The maximum Gasteiger partial charge on any atom is 0.128 e. The van der Waals surface area contributed by atoms with E-state index in [1.165, 1.54) is 0 Å². The molecule has 1 atom stereocenters. The average Bonchev–Trinajstić information content (AvgIpc) is 2.95. The van der Waals surface area contributed by atoms with Crippen molar-refractivity contribution in [2.24, 2.45) is 0 Å². The number of pyridine rings is 1. The minimum atomic E-state index is -0.146. The lowest BCUT2D eigenvalue weighted by atomic mass is 10.3. The Kier molecular flexibility index (Phi) is 3.24. The first-order valence-electron chi connectivity index (χ1n) is 6.00. The number of imidazole rings is 1. The van der Waals surface area contributed by atoms with Crippen molar-refractivity contribution in [3.05, 3.63) is 40.4 Å². The van der Waals surface area contributed by atoms with Gasteiger partial charge in [0, 0.05) is 11.6 Å². The molecular weight excluding hydrogens is 280 g/mol. The highest BCUT2D eigenvalue weighted by molar-refractivity contribution is 7.09. The van der Waals surface area contributed by atoms with Gasteiger partial charge in [0.25, 0.3) is 0 Å². The van der Waals surface area contributed by atoms with Crippen molar-refractivity contribution in [3.63, 3.8) is 0 Å². The first-order valence-corrected chi connectivity index (χ1v) is 7.32. The maximum absolute atomic E-state index is 6.23. The lowest BCUT2D eigenvalue weighted by Crippen LogP contribution is -2.06. The molecule has 0 saturated carbocycles. The summed E-state index contributed by atoms with van der Waals surface area (Å²) in [4.78, 5) is 13.2. The molecule has 3 aromatic rings. The number of fused-ring (bicyclic) bond motifs is 1. The number of thiazole rings is 1. The summed E-state index contributed by atoms with van der Waals surface area (Å²) >= 11 is 7.89. The van der Waals surface area contributed by atoms with Gasteiger partial charge in [-0.15, -0.1) is 22.9 Å². The molecule has 4 nitrogen and oxygen atoms in total. The van der Waals surface area contributed by atoms with Crippen LogP contribution in [0, 0.1) is 6.92 Å². The lowest BCUT2D eigenvalue weighted by molar-refractivity contribution is 0.729. The van der Waals surface area contributed by atoms with Crippen molar-refractivity contribution >= 4 is 34.0 Å². The summed E-state index contributed by atoms with van der Waals surface area (Å²) in [5.41, 5.74) is 2.96. The molecule has 0 fully saturated rings. The van der Waals surface area contributed by atoms with E-state index in [4.69, 9.17) is 11.6 Å². The number of aromatic nitrogens is 4. The zero-order chi connectivity index (χ0) is 13.4. The molecule has 3 rings (SSSR count). The van der Waals surface area contributed by atoms with Crippen molar-refractivity contribution in [2.75, 3.05) is 0 Å². The standard InChI is InChI=1S/C13H13ClN4S/c1-8(14)13-17-11-5-15-4-3-12(11)18(13)6-10-7-19-9(2)16-10/h3-5,7-8H,6H2,1-2H3. The van der Waals surface area contributed by atoms with Gasteiger partial charge >= 0.3 is 0 Å². The van der Waals surface area contributed by atoms with E-state index in [-0.39, 0.29) is 5.38 Å². The van der Waals surface area contributed by atoms with Gasteiger partial charge in [-0.3, -0.25) is 4.98 Å². The number of rotatable bonds is 3. The van der Waals surface area contributed by atoms with Crippen LogP contribution in [0.1, 0.15) is 28.8 Å².